The molecule has 7 heteroatoms. The van der Waals surface area contributed by atoms with Crippen LogP contribution in [0, 0.1) is 0 Å². The molecule has 98 valence electrons. The van der Waals surface area contributed by atoms with Crippen LogP contribution in [0.4, 0.5) is 5.95 Å². The van der Waals surface area contributed by atoms with E-state index in [4.69, 9.17) is 10.5 Å². The zero-order valence-corrected chi connectivity index (χ0v) is 10.9. The Morgan fingerprint density at radius 1 is 1.26 bits per heavy atom. The van der Waals surface area contributed by atoms with E-state index in [1.54, 1.807) is 0 Å². The lowest BCUT2D eigenvalue weighted by Gasteiger charge is -2.21. The minimum atomic E-state index is -3.53. The predicted molar refractivity (Wildman–Crippen MR) is 69.3 cm³/mol. The standard InChI is InChI=1S/C12H11N3O3S/c1-19(16,17)11-10-9(14-12(13)15-11)8-5-3-2-4-7(8)6-18-10/h2-5H,6H2,1H3,(H2,13,14,15). The third-order valence-corrected chi connectivity index (χ3v) is 3.83. The zero-order valence-electron chi connectivity index (χ0n) is 10.1. The van der Waals surface area contributed by atoms with Crippen molar-refractivity contribution in [3.63, 3.8) is 0 Å². The van der Waals surface area contributed by atoms with Crippen LogP contribution in [0.3, 0.4) is 0 Å². The highest BCUT2D eigenvalue weighted by Gasteiger charge is 2.27. The van der Waals surface area contributed by atoms with Gasteiger partial charge in [0.2, 0.25) is 11.0 Å². The Hall–Kier alpha value is -2.15. The minimum absolute atomic E-state index is 0.0838. The van der Waals surface area contributed by atoms with Crippen LogP contribution in [0.1, 0.15) is 5.56 Å². The van der Waals surface area contributed by atoms with Gasteiger partial charge in [0.25, 0.3) is 0 Å². The maximum absolute atomic E-state index is 11.7. The normalized spacial score (nSPS) is 13.3. The number of nitrogens with zero attached hydrogens (tertiary/aromatic N) is 2. The average Bonchev–Trinajstić information content (AvgIpc) is 2.36. The van der Waals surface area contributed by atoms with Crippen molar-refractivity contribution in [2.24, 2.45) is 0 Å². The summed E-state index contributed by atoms with van der Waals surface area (Å²) in [6.07, 6.45) is 1.07. The second kappa shape index (κ2) is 3.92. The molecule has 1 aromatic heterocycles. The first-order chi connectivity index (χ1) is 8.97. The van der Waals surface area contributed by atoms with Gasteiger partial charge in [0.15, 0.2) is 15.6 Å². The lowest BCUT2D eigenvalue weighted by molar-refractivity contribution is 0.290. The maximum atomic E-state index is 11.7. The number of rotatable bonds is 1. The molecule has 1 aromatic carbocycles. The number of hydrogen-bond acceptors (Lipinski definition) is 6. The fourth-order valence-electron chi connectivity index (χ4n) is 2.04. The van der Waals surface area contributed by atoms with E-state index < -0.39 is 9.84 Å². The number of ether oxygens (including phenoxy) is 1. The Morgan fingerprint density at radius 3 is 2.74 bits per heavy atom. The van der Waals surface area contributed by atoms with Gasteiger partial charge in [-0.15, -0.1) is 0 Å². The van der Waals surface area contributed by atoms with Gasteiger partial charge in [-0.3, -0.25) is 0 Å². The van der Waals surface area contributed by atoms with E-state index in [1.165, 1.54) is 0 Å². The molecule has 0 radical (unpaired) electrons. The summed E-state index contributed by atoms with van der Waals surface area (Å²) < 4.78 is 29.0. The Balaban J connectivity index is 2.36. The lowest BCUT2D eigenvalue weighted by atomic mass is 10.0. The number of benzene rings is 1. The second-order valence-corrected chi connectivity index (χ2v) is 6.21. The summed E-state index contributed by atoms with van der Waals surface area (Å²) in [6.45, 7) is 0.291. The molecule has 0 aliphatic carbocycles. The van der Waals surface area contributed by atoms with E-state index >= 15 is 0 Å². The fourth-order valence-corrected chi connectivity index (χ4v) is 2.79. The molecule has 0 fully saturated rings. The highest BCUT2D eigenvalue weighted by molar-refractivity contribution is 7.90. The van der Waals surface area contributed by atoms with Gasteiger partial charge < -0.3 is 10.5 Å². The number of nitrogens with two attached hydrogens (primary N) is 1. The Bertz CT molecular complexity index is 772. The van der Waals surface area contributed by atoms with Crippen LogP contribution in [-0.4, -0.2) is 24.6 Å². The molecule has 0 saturated carbocycles. The summed E-state index contributed by atoms with van der Waals surface area (Å²) in [5.74, 6) is 0.0925. The quantitative estimate of drug-likeness (QED) is 0.782. The molecule has 19 heavy (non-hydrogen) atoms. The van der Waals surface area contributed by atoms with Crippen molar-refractivity contribution in [3.05, 3.63) is 29.8 Å². The third-order valence-electron chi connectivity index (χ3n) is 2.85. The van der Waals surface area contributed by atoms with Gasteiger partial charge in [-0.25, -0.2) is 13.4 Å². The maximum Gasteiger partial charge on any atom is 0.222 e. The van der Waals surface area contributed by atoms with Gasteiger partial charge in [-0.05, 0) is 5.56 Å². The van der Waals surface area contributed by atoms with E-state index in [0.29, 0.717) is 12.3 Å². The number of hydrogen-bond donors (Lipinski definition) is 1. The van der Waals surface area contributed by atoms with E-state index in [-0.39, 0.29) is 16.7 Å². The van der Waals surface area contributed by atoms with Gasteiger partial charge in [-0.1, -0.05) is 24.3 Å². The van der Waals surface area contributed by atoms with Gasteiger partial charge in [0.1, 0.15) is 12.3 Å². The van der Waals surface area contributed by atoms with E-state index in [9.17, 15) is 8.42 Å². The Labute approximate surface area is 110 Å². The SMILES string of the molecule is CS(=O)(=O)c1nc(N)nc2c1OCc1ccccc1-2. The molecule has 0 bridgehead atoms. The fraction of sp³-hybridized carbons (Fsp3) is 0.167. The lowest BCUT2D eigenvalue weighted by Crippen LogP contribution is -2.14. The highest BCUT2D eigenvalue weighted by Crippen LogP contribution is 2.39. The number of fused-ring (bicyclic) bond motifs is 3. The van der Waals surface area contributed by atoms with Gasteiger partial charge in [0.05, 0.1) is 0 Å². The molecule has 0 spiro atoms. The largest absolute Gasteiger partial charge is 0.484 e. The minimum Gasteiger partial charge on any atom is -0.484 e. The summed E-state index contributed by atoms with van der Waals surface area (Å²) in [5, 5.41) is -0.162. The predicted octanol–water partition coefficient (Wildman–Crippen LogP) is 1.02. The van der Waals surface area contributed by atoms with Crippen molar-refractivity contribution in [1.82, 2.24) is 9.97 Å². The molecular formula is C12H11N3O3S. The summed E-state index contributed by atoms with van der Waals surface area (Å²) in [6, 6.07) is 7.49. The van der Waals surface area contributed by atoms with Crippen LogP contribution in [0.25, 0.3) is 11.3 Å². The van der Waals surface area contributed by atoms with Crippen molar-refractivity contribution >= 4 is 15.8 Å². The number of aromatic nitrogens is 2. The van der Waals surface area contributed by atoms with E-state index in [1.807, 2.05) is 24.3 Å². The van der Waals surface area contributed by atoms with E-state index in [2.05, 4.69) is 9.97 Å². The first-order valence-electron chi connectivity index (χ1n) is 5.55. The summed E-state index contributed by atoms with van der Waals surface area (Å²) in [7, 11) is -3.53. The third kappa shape index (κ3) is 1.91. The Morgan fingerprint density at radius 2 is 2.00 bits per heavy atom. The van der Waals surface area contributed by atoms with E-state index in [0.717, 1.165) is 17.4 Å². The van der Waals surface area contributed by atoms with Crippen molar-refractivity contribution in [2.75, 3.05) is 12.0 Å². The molecule has 1 aliphatic heterocycles. The van der Waals surface area contributed by atoms with Gasteiger partial charge in [0, 0.05) is 11.8 Å². The van der Waals surface area contributed by atoms with Crippen LogP contribution >= 0.6 is 0 Å². The number of nitrogen functional groups attached to an aromatic ring is 1. The summed E-state index contributed by atoms with van der Waals surface area (Å²) in [4.78, 5) is 7.89. The number of anilines is 1. The summed E-state index contributed by atoms with van der Waals surface area (Å²) >= 11 is 0. The highest BCUT2D eigenvalue weighted by atomic mass is 32.2. The van der Waals surface area contributed by atoms with Crippen molar-refractivity contribution in [3.8, 4) is 17.0 Å². The van der Waals surface area contributed by atoms with Crippen LogP contribution in [-0.2, 0) is 16.4 Å². The molecular weight excluding hydrogens is 266 g/mol. The monoisotopic (exact) mass is 277 g/mol. The molecule has 2 aromatic rings. The molecule has 0 unspecified atom stereocenters. The summed E-state index contributed by atoms with van der Waals surface area (Å²) in [5.41, 5.74) is 7.78. The first-order valence-corrected chi connectivity index (χ1v) is 7.44. The second-order valence-electron chi connectivity index (χ2n) is 4.28. The molecule has 2 N–H and O–H groups in total. The van der Waals surface area contributed by atoms with Crippen molar-refractivity contribution in [2.45, 2.75) is 11.6 Å². The van der Waals surface area contributed by atoms with Crippen LogP contribution in [0.5, 0.6) is 5.75 Å². The van der Waals surface area contributed by atoms with Gasteiger partial charge in [-0.2, -0.15) is 4.98 Å². The zero-order chi connectivity index (χ0) is 13.6. The molecule has 0 atom stereocenters. The topological polar surface area (TPSA) is 95.2 Å². The molecule has 2 heterocycles. The van der Waals surface area contributed by atoms with Crippen LogP contribution in [0.2, 0.25) is 0 Å². The van der Waals surface area contributed by atoms with Crippen LogP contribution in [0.15, 0.2) is 29.3 Å². The molecule has 3 rings (SSSR count). The van der Waals surface area contributed by atoms with Crippen LogP contribution < -0.4 is 10.5 Å². The van der Waals surface area contributed by atoms with Crippen molar-refractivity contribution in [1.29, 1.82) is 0 Å². The average molecular weight is 277 g/mol. The molecule has 6 nitrogen and oxygen atoms in total. The molecule has 1 aliphatic rings. The molecule has 0 saturated heterocycles. The first kappa shape index (κ1) is 11.9. The number of sulfone groups is 1. The van der Waals surface area contributed by atoms with Crippen molar-refractivity contribution < 1.29 is 13.2 Å². The smallest absolute Gasteiger partial charge is 0.222 e. The molecule has 0 amide bonds. The van der Waals surface area contributed by atoms with Gasteiger partial charge >= 0.3 is 0 Å². The Kier molecular flexibility index (Phi) is 2.46.